The summed E-state index contributed by atoms with van der Waals surface area (Å²) in [6, 6.07) is 88.5. The molecule has 62 heavy (non-hydrogen) atoms. The molecule has 0 bridgehead atoms. The average molecular weight is 789 g/mol. The molecule has 1 aromatic heterocycles. The van der Waals surface area contributed by atoms with Crippen molar-refractivity contribution in [1.29, 1.82) is 0 Å². The largest absolute Gasteiger partial charge is 0.310 e. The Kier molecular flexibility index (Phi) is 8.53. The highest BCUT2D eigenvalue weighted by Crippen LogP contribution is 2.44. The first-order chi connectivity index (χ1) is 30.8. The summed E-state index contributed by atoms with van der Waals surface area (Å²) in [6.07, 6.45) is 0. The highest BCUT2D eigenvalue weighted by atomic mass is 15.1. The summed E-state index contributed by atoms with van der Waals surface area (Å²) < 4.78 is 2.45. The van der Waals surface area contributed by atoms with Crippen molar-refractivity contribution < 1.29 is 0 Å². The van der Waals surface area contributed by atoms with Crippen LogP contribution in [0.4, 0.5) is 17.1 Å². The third kappa shape index (κ3) is 5.96. The molecule has 290 valence electrons. The van der Waals surface area contributed by atoms with Gasteiger partial charge in [-0.25, -0.2) is 0 Å². The summed E-state index contributed by atoms with van der Waals surface area (Å²) in [7, 11) is 0. The van der Waals surface area contributed by atoms with Crippen LogP contribution >= 0.6 is 0 Å². The van der Waals surface area contributed by atoms with Gasteiger partial charge in [-0.2, -0.15) is 0 Å². The molecule has 12 rings (SSSR count). The minimum atomic E-state index is 1.08. The van der Waals surface area contributed by atoms with E-state index in [1.165, 1.54) is 76.4 Å². The fourth-order valence-corrected chi connectivity index (χ4v) is 9.71. The fraction of sp³-hybridized carbons (Fsp3) is 0. The van der Waals surface area contributed by atoms with Gasteiger partial charge >= 0.3 is 0 Å². The van der Waals surface area contributed by atoms with Gasteiger partial charge < -0.3 is 9.47 Å². The van der Waals surface area contributed by atoms with Crippen LogP contribution in [0.25, 0.3) is 93.2 Å². The zero-order chi connectivity index (χ0) is 41.0. The van der Waals surface area contributed by atoms with Crippen molar-refractivity contribution in [2.24, 2.45) is 0 Å². The van der Waals surface area contributed by atoms with E-state index in [0.717, 1.165) is 33.9 Å². The Morgan fingerprint density at radius 2 is 0.823 bits per heavy atom. The second kappa shape index (κ2) is 14.8. The number of hydrogen-bond acceptors (Lipinski definition) is 1. The van der Waals surface area contributed by atoms with Crippen molar-refractivity contribution in [3.05, 3.63) is 243 Å². The number of anilines is 3. The van der Waals surface area contributed by atoms with Gasteiger partial charge in [0.05, 0.1) is 16.7 Å². The normalized spacial score (nSPS) is 11.5. The predicted octanol–water partition coefficient (Wildman–Crippen LogP) is 16.7. The van der Waals surface area contributed by atoms with E-state index in [2.05, 4.69) is 252 Å². The number of nitrogens with zero attached hydrogens (tertiary/aromatic N) is 2. The van der Waals surface area contributed by atoms with Crippen LogP contribution in [0.15, 0.2) is 243 Å². The molecule has 12 aromatic rings. The van der Waals surface area contributed by atoms with Crippen LogP contribution in [0.5, 0.6) is 0 Å². The first kappa shape index (κ1) is 35.7. The smallest absolute Gasteiger partial charge is 0.0619 e. The van der Waals surface area contributed by atoms with Gasteiger partial charge in [0.25, 0.3) is 0 Å². The van der Waals surface area contributed by atoms with Crippen molar-refractivity contribution in [2.75, 3.05) is 4.90 Å². The Bertz CT molecular complexity index is 3640. The van der Waals surface area contributed by atoms with E-state index in [4.69, 9.17) is 0 Å². The van der Waals surface area contributed by atoms with Gasteiger partial charge in [-0.1, -0.05) is 194 Å². The maximum atomic E-state index is 2.45. The first-order valence-corrected chi connectivity index (χ1v) is 21.3. The summed E-state index contributed by atoms with van der Waals surface area (Å²) >= 11 is 0. The molecule has 0 saturated carbocycles. The van der Waals surface area contributed by atoms with Crippen LogP contribution in [0, 0.1) is 0 Å². The molecule has 2 nitrogen and oxygen atoms in total. The Labute approximate surface area is 360 Å². The van der Waals surface area contributed by atoms with E-state index in [9.17, 15) is 0 Å². The molecular weight excluding hydrogens is 749 g/mol. The van der Waals surface area contributed by atoms with E-state index in [1.807, 2.05) is 0 Å². The molecule has 0 amide bonds. The van der Waals surface area contributed by atoms with E-state index in [1.54, 1.807) is 0 Å². The molecule has 0 atom stereocenters. The number of rotatable bonds is 7. The zero-order valence-electron chi connectivity index (χ0n) is 34.0. The van der Waals surface area contributed by atoms with Crippen LogP contribution in [-0.4, -0.2) is 4.57 Å². The summed E-state index contributed by atoms with van der Waals surface area (Å²) in [6.45, 7) is 0. The van der Waals surface area contributed by atoms with Crippen LogP contribution in [-0.2, 0) is 0 Å². The standard InChI is InChI=1S/C60H40N2/c1-4-24-50-41(15-1)18-13-29-52(50)44-33-36-47(37-34-44)61(48-22-11-20-45(39-48)53-30-14-19-42-16-2-5-25-51(42)53)58-31-9-7-26-54(58)46-21-12-23-49(40-46)62-59-32-10-8-28-56(59)57-38-35-43-17-3-6-27-55(43)60(57)62/h1-40H. The number of hydrogen-bond donors (Lipinski definition) is 0. The molecule has 0 aliphatic heterocycles. The molecule has 0 aliphatic carbocycles. The number of fused-ring (bicyclic) bond motifs is 7. The molecule has 0 saturated heterocycles. The molecule has 1 heterocycles. The van der Waals surface area contributed by atoms with Crippen molar-refractivity contribution >= 4 is 71.2 Å². The van der Waals surface area contributed by atoms with Gasteiger partial charge in [-0.3, -0.25) is 0 Å². The average Bonchev–Trinajstić information content (AvgIpc) is 3.69. The molecule has 11 aromatic carbocycles. The maximum absolute atomic E-state index is 2.45. The molecule has 0 spiro atoms. The molecule has 0 N–H and O–H groups in total. The molecule has 0 aliphatic rings. The quantitative estimate of drug-likeness (QED) is 0.156. The van der Waals surface area contributed by atoms with Crippen LogP contribution in [0.1, 0.15) is 0 Å². The van der Waals surface area contributed by atoms with Crippen molar-refractivity contribution in [3.63, 3.8) is 0 Å². The van der Waals surface area contributed by atoms with Crippen LogP contribution in [0.3, 0.4) is 0 Å². The molecule has 2 heteroatoms. The maximum Gasteiger partial charge on any atom is 0.0619 e. The van der Waals surface area contributed by atoms with Gasteiger partial charge in [0, 0.05) is 38.8 Å². The first-order valence-electron chi connectivity index (χ1n) is 21.3. The Morgan fingerprint density at radius 1 is 0.290 bits per heavy atom. The van der Waals surface area contributed by atoms with Crippen molar-refractivity contribution in [1.82, 2.24) is 4.57 Å². The van der Waals surface area contributed by atoms with E-state index in [-0.39, 0.29) is 0 Å². The molecule has 0 unspecified atom stereocenters. The second-order valence-corrected chi connectivity index (χ2v) is 16.1. The third-order valence-electron chi connectivity index (χ3n) is 12.6. The number of aromatic nitrogens is 1. The Hall–Kier alpha value is -8.20. The minimum Gasteiger partial charge on any atom is -0.310 e. The lowest BCUT2D eigenvalue weighted by Crippen LogP contribution is -2.11. The van der Waals surface area contributed by atoms with Gasteiger partial charge in [0.1, 0.15) is 0 Å². The lowest BCUT2D eigenvalue weighted by Gasteiger charge is -2.28. The number of benzene rings is 11. The van der Waals surface area contributed by atoms with E-state index >= 15 is 0 Å². The summed E-state index contributed by atoms with van der Waals surface area (Å²) in [4.78, 5) is 2.43. The predicted molar refractivity (Wildman–Crippen MR) is 264 cm³/mol. The highest BCUT2D eigenvalue weighted by molar-refractivity contribution is 6.18. The van der Waals surface area contributed by atoms with Gasteiger partial charge in [-0.15, -0.1) is 0 Å². The second-order valence-electron chi connectivity index (χ2n) is 16.1. The third-order valence-corrected chi connectivity index (χ3v) is 12.6. The minimum absolute atomic E-state index is 1.08. The van der Waals surface area contributed by atoms with Gasteiger partial charge in [0.15, 0.2) is 0 Å². The molecular formula is C60H40N2. The Morgan fingerprint density at radius 3 is 1.56 bits per heavy atom. The van der Waals surface area contributed by atoms with Gasteiger partial charge in [-0.05, 0) is 103 Å². The Balaban J connectivity index is 1.04. The van der Waals surface area contributed by atoms with Gasteiger partial charge in [0.2, 0.25) is 0 Å². The SMILES string of the molecule is c1cc(-c2cccc3ccccc23)cc(N(c2ccc(-c3cccc4ccccc34)cc2)c2ccccc2-c2cccc(-n3c4ccccc4c4ccc5ccccc5c43)c2)c1. The van der Waals surface area contributed by atoms with Crippen molar-refractivity contribution in [2.45, 2.75) is 0 Å². The van der Waals surface area contributed by atoms with Crippen LogP contribution in [0.2, 0.25) is 0 Å². The topological polar surface area (TPSA) is 8.17 Å². The zero-order valence-corrected chi connectivity index (χ0v) is 34.0. The lowest BCUT2D eigenvalue weighted by atomic mass is 9.96. The van der Waals surface area contributed by atoms with E-state index < -0.39 is 0 Å². The summed E-state index contributed by atoms with van der Waals surface area (Å²) in [5.41, 5.74) is 13.9. The number of para-hydroxylation sites is 2. The van der Waals surface area contributed by atoms with Crippen LogP contribution < -0.4 is 4.90 Å². The lowest BCUT2D eigenvalue weighted by molar-refractivity contribution is 1.19. The monoisotopic (exact) mass is 788 g/mol. The molecule has 0 radical (unpaired) electrons. The van der Waals surface area contributed by atoms with E-state index in [0.29, 0.717) is 0 Å². The summed E-state index contributed by atoms with van der Waals surface area (Å²) in [5, 5.41) is 9.97. The molecule has 0 fully saturated rings. The summed E-state index contributed by atoms with van der Waals surface area (Å²) in [5.74, 6) is 0. The van der Waals surface area contributed by atoms with Crippen molar-refractivity contribution in [3.8, 4) is 39.1 Å². The fourth-order valence-electron chi connectivity index (χ4n) is 9.71. The highest BCUT2D eigenvalue weighted by Gasteiger charge is 2.20.